The minimum Gasteiger partial charge on any atom is -0.291 e. The summed E-state index contributed by atoms with van der Waals surface area (Å²) in [6, 6.07) is 0. The first kappa shape index (κ1) is 6.29. The highest BCUT2D eigenvalue weighted by molar-refractivity contribution is 6.34. The van der Waals surface area contributed by atoms with Gasteiger partial charge in [-0.2, -0.15) is 0 Å². The van der Waals surface area contributed by atoms with E-state index in [0.29, 0.717) is 0 Å². The SMILES string of the molecule is O=C1C=CC(Cl)C(=O)N1. The topological polar surface area (TPSA) is 46.2 Å². The first-order chi connectivity index (χ1) is 4.20. The molecule has 0 aromatic carbocycles. The molecule has 0 saturated carbocycles. The van der Waals surface area contributed by atoms with E-state index in [2.05, 4.69) is 0 Å². The van der Waals surface area contributed by atoms with Crippen LogP contribution in [0.15, 0.2) is 12.2 Å². The van der Waals surface area contributed by atoms with Crippen molar-refractivity contribution in [1.82, 2.24) is 5.32 Å². The van der Waals surface area contributed by atoms with E-state index in [0.717, 1.165) is 0 Å². The van der Waals surface area contributed by atoms with E-state index >= 15 is 0 Å². The van der Waals surface area contributed by atoms with Crippen LogP contribution in [-0.2, 0) is 9.59 Å². The van der Waals surface area contributed by atoms with Crippen molar-refractivity contribution in [1.29, 1.82) is 0 Å². The van der Waals surface area contributed by atoms with Crippen LogP contribution in [0, 0.1) is 0 Å². The number of imide groups is 1. The van der Waals surface area contributed by atoms with Gasteiger partial charge in [-0.25, -0.2) is 0 Å². The summed E-state index contributed by atoms with van der Waals surface area (Å²) >= 11 is 5.38. The molecule has 1 heterocycles. The molecule has 0 aromatic heterocycles. The van der Waals surface area contributed by atoms with E-state index < -0.39 is 17.2 Å². The lowest BCUT2D eigenvalue weighted by Crippen LogP contribution is -2.37. The molecule has 0 bridgehead atoms. The highest BCUT2D eigenvalue weighted by atomic mass is 35.5. The Morgan fingerprint density at radius 1 is 1.56 bits per heavy atom. The van der Waals surface area contributed by atoms with E-state index in [4.69, 9.17) is 11.6 Å². The second-order valence-corrected chi connectivity index (χ2v) is 2.08. The zero-order chi connectivity index (χ0) is 6.85. The summed E-state index contributed by atoms with van der Waals surface area (Å²) in [5, 5.41) is 1.34. The number of carbonyl (C=O) groups excluding carboxylic acids is 2. The van der Waals surface area contributed by atoms with Gasteiger partial charge < -0.3 is 0 Å². The monoisotopic (exact) mass is 145 g/mol. The van der Waals surface area contributed by atoms with Gasteiger partial charge in [-0.3, -0.25) is 14.9 Å². The zero-order valence-corrected chi connectivity index (χ0v) is 5.18. The van der Waals surface area contributed by atoms with Gasteiger partial charge in [0.2, 0.25) is 11.8 Å². The second-order valence-electron chi connectivity index (χ2n) is 1.61. The molecule has 1 aliphatic heterocycles. The van der Waals surface area contributed by atoms with Crippen LogP contribution in [0.2, 0.25) is 0 Å². The lowest BCUT2D eigenvalue weighted by atomic mass is 10.3. The molecular weight excluding hydrogens is 142 g/mol. The van der Waals surface area contributed by atoms with E-state index in [1.165, 1.54) is 12.2 Å². The summed E-state index contributed by atoms with van der Waals surface area (Å²) in [6.45, 7) is 0. The number of rotatable bonds is 0. The highest BCUT2D eigenvalue weighted by Gasteiger charge is 2.17. The van der Waals surface area contributed by atoms with Crippen LogP contribution in [0.5, 0.6) is 0 Å². The molecule has 1 atom stereocenters. The molecule has 1 rings (SSSR count). The van der Waals surface area contributed by atoms with E-state index in [1.54, 1.807) is 0 Å². The molecule has 0 aromatic rings. The predicted molar refractivity (Wildman–Crippen MR) is 31.9 cm³/mol. The average Bonchev–Trinajstić information content (AvgIpc) is 1.80. The molecule has 0 aliphatic carbocycles. The van der Waals surface area contributed by atoms with Crippen molar-refractivity contribution in [2.75, 3.05) is 0 Å². The Kier molecular flexibility index (Phi) is 1.53. The van der Waals surface area contributed by atoms with Crippen molar-refractivity contribution in [2.45, 2.75) is 5.38 Å². The summed E-state index contributed by atoms with van der Waals surface area (Å²) in [5.74, 6) is -0.860. The van der Waals surface area contributed by atoms with E-state index in [1.807, 2.05) is 5.32 Å². The Labute approximate surface area is 56.7 Å². The molecular formula is C5H4ClNO2. The fraction of sp³-hybridized carbons (Fsp3) is 0.200. The van der Waals surface area contributed by atoms with Crippen LogP contribution in [-0.4, -0.2) is 17.2 Å². The Bertz CT molecular complexity index is 187. The van der Waals surface area contributed by atoms with Gasteiger partial charge in [0.05, 0.1) is 0 Å². The Balaban J connectivity index is 2.76. The van der Waals surface area contributed by atoms with E-state index in [9.17, 15) is 9.59 Å². The number of nitrogens with one attached hydrogen (secondary N) is 1. The number of hydrogen-bond acceptors (Lipinski definition) is 2. The Hall–Kier alpha value is -0.830. The third kappa shape index (κ3) is 1.29. The maximum absolute atomic E-state index is 10.5. The summed E-state index contributed by atoms with van der Waals surface area (Å²) < 4.78 is 0. The molecule has 48 valence electrons. The maximum Gasteiger partial charge on any atom is 0.250 e. The van der Waals surface area contributed by atoms with Crippen LogP contribution in [0.3, 0.4) is 0 Å². The number of hydrogen-bond donors (Lipinski definition) is 1. The largest absolute Gasteiger partial charge is 0.291 e. The molecule has 0 saturated heterocycles. The van der Waals surface area contributed by atoms with Crippen LogP contribution in [0.4, 0.5) is 0 Å². The summed E-state index contributed by atoms with van der Waals surface area (Å²) in [7, 11) is 0. The third-order valence-corrected chi connectivity index (χ3v) is 1.26. The van der Waals surface area contributed by atoms with Gasteiger partial charge in [0.15, 0.2) is 0 Å². The minimum absolute atomic E-state index is 0.406. The molecule has 9 heavy (non-hydrogen) atoms. The third-order valence-electron chi connectivity index (χ3n) is 0.913. The summed E-state index contributed by atoms with van der Waals surface area (Å²) in [6.07, 6.45) is 2.59. The van der Waals surface area contributed by atoms with Gasteiger partial charge in [0.1, 0.15) is 5.38 Å². The molecule has 2 amide bonds. The summed E-state index contributed by atoms with van der Waals surface area (Å²) in [5.41, 5.74) is 0. The number of carbonyl (C=O) groups is 2. The maximum atomic E-state index is 10.5. The number of alkyl halides is 1. The first-order valence-corrected chi connectivity index (χ1v) is 2.81. The van der Waals surface area contributed by atoms with Crippen LogP contribution in [0.1, 0.15) is 0 Å². The van der Waals surface area contributed by atoms with Gasteiger partial charge in [0.25, 0.3) is 0 Å². The zero-order valence-electron chi connectivity index (χ0n) is 4.43. The van der Waals surface area contributed by atoms with Crippen molar-refractivity contribution < 1.29 is 9.59 Å². The minimum atomic E-state index is -0.692. The van der Waals surface area contributed by atoms with Gasteiger partial charge in [0, 0.05) is 6.08 Å². The van der Waals surface area contributed by atoms with Crippen LogP contribution in [0.25, 0.3) is 0 Å². The smallest absolute Gasteiger partial charge is 0.250 e. The van der Waals surface area contributed by atoms with Crippen molar-refractivity contribution in [3.8, 4) is 0 Å². The van der Waals surface area contributed by atoms with Gasteiger partial charge in [-0.05, 0) is 0 Å². The highest BCUT2D eigenvalue weighted by Crippen LogP contribution is 2.01. The molecule has 3 nitrogen and oxygen atoms in total. The lowest BCUT2D eigenvalue weighted by molar-refractivity contribution is -0.127. The Morgan fingerprint density at radius 3 is 2.67 bits per heavy atom. The number of amides is 2. The van der Waals surface area contributed by atoms with E-state index in [-0.39, 0.29) is 0 Å². The first-order valence-electron chi connectivity index (χ1n) is 2.37. The molecule has 0 fully saturated rings. The number of halogens is 1. The normalized spacial score (nSPS) is 26.1. The van der Waals surface area contributed by atoms with Crippen LogP contribution < -0.4 is 5.32 Å². The quantitative estimate of drug-likeness (QED) is 0.379. The van der Waals surface area contributed by atoms with Crippen molar-refractivity contribution in [3.05, 3.63) is 12.2 Å². The van der Waals surface area contributed by atoms with Gasteiger partial charge in [-0.1, -0.05) is 6.08 Å². The van der Waals surface area contributed by atoms with Crippen molar-refractivity contribution >= 4 is 23.4 Å². The van der Waals surface area contributed by atoms with Gasteiger partial charge >= 0.3 is 0 Å². The molecule has 1 N–H and O–H groups in total. The molecule has 4 heteroatoms. The summed E-state index contributed by atoms with van der Waals surface area (Å²) in [4.78, 5) is 20.8. The fourth-order valence-corrected chi connectivity index (χ4v) is 0.619. The standard InChI is InChI=1S/C5H4ClNO2/c6-3-1-2-4(8)7-5(3)9/h1-3H,(H,7,8,9). The lowest BCUT2D eigenvalue weighted by Gasteiger charge is -2.07. The van der Waals surface area contributed by atoms with Crippen LogP contribution >= 0.6 is 11.6 Å². The average molecular weight is 146 g/mol. The van der Waals surface area contributed by atoms with Gasteiger partial charge in [-0.15, -0.1) is 11.6 Å². The fourth-order valence-electron chi connectivity index (χ4n) is 0.491. The van der Waals surface area contributed by atoms with Crippen molar-refractivity contribution in [2.24, 2.45) is 0 Å². The molecule has 0 spiro atoms. The Morgan fingerprint density at radius 2 is 2.22 bits per heavy atom. The molecule has 1 unspecified atom stereocenters. The second kappa shape index (κ2) is 2.19. The predicted octanol–water partition coefficient (Wildman–Crippen LogP) is -0.194. The molecule has 0 radical (unpaired) electrons. The molecule has 1 aliphatic rings. The van der Waals surface area contributed by atoms with Crippen molar-refractivity contribution in [3.63, 3.8) is 0 Å².